The summed E-state index contributed by atoms with van der Waals surface area (Å²) in [5.74, 6) is -3.90. The second-order valence-electron chi connectivity index (χ2n) is 4.03. The molecule has 0 amide bonds. The Hall–Kier alpha value is 0.590. The standard InChI is InChI=1S/C11H18O7S.2Na/c1-2-3-5-8(10(12)13)9(11(14)15)6-4-7-19(16,17)18;;/h2-7H2,1H3,(H,12,13)(H,14,15)(H,16,17,18);;/q;2*+1/p-2/b9-8-;;. The van der Waals surface area contributed by atoms with Crippen molar-refractivity contribution in [2.45, 2.75) is 39.0 Å². The molecule has 0 spiro atoms. The second-order valence-corrected chi connectivity index (χ2v) is 5.60. The molecule has 0 atom stereocenters. The first kappa shape index (κ1) is 26.5. The Morgan fingerprint density at radius 1 is 0.952 bits per heavy atom. The van der Waals surface area contributed by atoms with Gasteiger partial charge in [0, 0.05) is 0 Å². The normalized spacial score (nSPS) is 11.7. The van der Waals surface area contributed by atoms with E-state index in [2.05, 4.69) is 0 Å². The molecule has 0 fully saturated rings. The van der Waals surface area contributed by atoms with Crippen molar-refractivity contribution in [2.24, 2.45) is 0 Å². The molecule has 110 valence electrons. The maximum atomic E-state index is 10.9. The van der Waals surface area contributed by atoms with Crippen LogP contribution in [0.15, 0.2) is 11.1 Å². The van der Waals surface area contributed by atoms with Gasteiger partial charge in [-0.25, -0.2) is 0 Å². The molecule has 1 N–H and O–H groups in total. The number of unbranched alkanes of at least 4 members (excludes halogenated alkanes) is 1. The summed E-state index contributed by atoms with van der Waals surface area (Å²) in [6.07, 6.45) is 0.648. The third-order valence-electron chi connectivity index (χ3n) is 2.47. The van der Waals surface area contributed by atoms with Crippen LogP contribution in [0.1, 0.15) is 39.0 Å². The zero-order chi connectivity index (χ0) is 15.1. The maximum absolute atomic E-state index is 10.9. The van der Waals surface area contributed by atoms with E-state index < -0.39 is 33.4 Å². The van der Waals surface area contributed by atoms with Gasteiger partial charge in [0.2, 0.25) is 0 Å². The molecule has 0 saturated carbocycles. The first-order valence-electron chi connectivity index (χ1n) is 5.79. The van der Waals surface area contributed by atoms with Crippen LogP contribution in [0.5, 0.6) is 0 Å². The molecule has 0 aromatic rings. The van der Waals surface area contributed by atoms with Crippen molar-refractivity contribution in [1.82, 2.24) is 0 Å². The summed E-state index contributed by atoms with van der Waals surface area (Å²) in [7, 11) is -4.21. The predicted molar refractivity (Wildman–Crippen MR) is 62.2 cm³/mol. The number of carbonyl (C=O) groups is 2. The van der Waals surface area contributed by atoms with E-state index in [1.807, 2.05) is 6.92 Å². The quantitative estimate of drug-likeness (QED) is 0.251. The Bertz CT molecular complexity index is 471. The Balaban J connectivity index is -0.00000162. The van der Waals surface area contributed by atoms with Gasteiger partial charge in [0.05, 0.1) is 17.7 Å². The van der Waals surface area contributed by atoms with E-state index in [-0.39, 0.29) is 84.0 Å². The summed E-state index contributed by atoms with van der Waals surface area (Å²) < 4.78 is 29.5. The monoisotopic (exact) mass is 338 g/mol. The molecule has 0 rings (SSSR count). The summed E-state index contributed by atoms with van der Waals surface area (Å²) in [4.78, 5) is 21.8. The predicted octanol–water partition coefficient (Wildman–Crippen LogP) is -7.35. The summed E-state index contributed by atoms with van der Waals surface area (Å²) in [6.45, 7) is 1.81. The number of carboxylic acids is 2. The maximum Gasteiger partial charge on any atom is 1.00 e. The van der Waals surface area contributed by atoms with Crippen LogP contribution >= 0.6 is 0 Å². The number of hydrogen-bond acceptors (Lipinski definition) is 6. The molecule has 0 saturated heterocycles. The van der Waals surface area contributed by atoms with Crippen molar-refractivity contribution in [3.63, 3.8) is 0 Å². The molecule has 0 bridgehead atoms. The van der Waals surface area contributed by atoms with Crippen LogP contribution in [0.3, 0.4) is 0 Å². The molecule has 10 heteroatoms. The minimum Gasteiger partial charge on any atom is -0.545 e. The van der Waals surface area contributed by atoms with Crippen molar-refractivity contribution in [1.29, 1.82) is 0 Å². The Morgan fingerprint density at radius 3 is 1.62 bits per heavy atom. The van der Waals surface area contributed by atoms with Crippen molar-refractivity contribution in [2.75, 3.05) is 5.75 Å². The van der Waals surface area contributed by atoms with Crippen molar-refractivity contribution < 1.29 is 91.9 Å². The largest absolute Gasteiger partial charge is 1.00 e. The molecule has 0 unspecified atom stereocenters. The molecule has 21 heavy (non-hydrogen) atoms. The molecule has 0 radical (unpaired) electrons. The number of aliphatic carboxylic acids is 2. The first-order valence-corrected chi connectivity index (χ1v) is 7.39. The zero-order valence-electron chi connectivity index (χ0n) is 12.5. The van der Waals surface area contributed by atoms with Gasteiger partial charge < -0.3 is 19.8 Å². The summed E-state index contributed by atoms with van der Waals surface area (Å²) >= 11 is 0. The minimum absolute atomic E-state index is 0. The van der Waals surface area contributed by atoms with Crippen LogP contribution in [-0.2, 0) is 19.7 Å². The average Bonchev–Trinajstić information content (AvgIpc) is 2.24. The van der Waals surface area contributed by atoms with E-state index in [9.17, 15) is 28.2 Å². The fourth-order valence-corrected chi connectivity index (χ4v) is 2.05. The van der Waals surface area contributed by atoms with Gasteiger partial charge in [-0.3, -0.25) is 4.55 Å². The van der Waals surface area contributed by atoms with E-state index >= 15 is 0 Å². The second kappa shape index (κ2) is 13.1. The van der Waals surface area contributed by atoms with Gasteiger partial charge in [0.1, 0.15) is 0 Å². The van der Waals surface area contributed by atoms with E-state index in [0.29, 0.717) is 12.8 Å². The van der Waals surface area contributed by atoms with E-state index in [4.69, 9.17) is 4.55 Å². The van der Waals surface area contributed by atoms with E-state index in [1.54, 1.807) is 0 Å². The van der Waals surface area contributed by atoms with Gasteiger partial charge in [-0.1, -0.05) is 13.3 Å². The van der Waals surface area contributed by atoms with Crippen molar-refractivity contribution in [3.8, 4) is 0 Å². The SMILES string of the molecule is CCCC/C(C(=O)[O-])=C(\CCCS(=O)(=O)O)C(=O)[O-].[Na+].[Na+]. The average molecular weight is 338 g/mol. The number of carboxylic acid groups (broad SMARTS) is 2. The van der Waals surface area contributed by atoms with E-state index in [0.717, 1.165) is 0 Å². The Morgan fingerprint density at radius 2 is 1.33 bits per heavy atom. The topological polar surface area (TPSA) is 135 Å². The van der Waals surface area contributed by atoms with Crippen LogP contribution in [0.25, 0.3) is 0 Å². The molecule has 0 aliphatic heterocycles. The van der Waals surface area contributed by atoms with Gasteiger partial charge in [-0.05, 0) is 36.8 Å². The summed E-state index contributed by atoms with van der Waals surface area (Å²) in [5, 5.41) is 21.8. The van der Waals surface area contributed by atoms with E-state index in [1.165, 1.54) is 0 Å². The third kappa shape index (κ3) is 12.8. The van der Waals surface area contributed by atoms with Crippen molar-refractivity contribution in [3.05, 3.63) is 11.1 Å². The fourth-order valence-electron chi connectivity index (χ4n) is 1.54. The summed E-state index contributed by atoms with van der Waals surface area (Å²) in [5.41, 5.74) is -0.853. The first-order chi connectivity index (χ1) is 8.69. The molecule has 0 aromatic heterocycles. The molecular formula is C11H16Na2O7S. The molecule has 0 aliphatic rings. The van der Waals surface area contributed by atoms with Crippen LogP contribution in [0.2, 0.25) is 0 Å². The number of carbonyl (C=O) groups excluding carboxylic acids is 2. The van der Waals surface area contributed by atoms with Gasteiger partial charge in [-0.2, -0.15) is 8.42 Å². The minimum atomic E-state index is -4.21. The Kier molecular flexibility index (Phi) is 16.5. The zero-order valence-corrected chi connectivity index (χ0v) is 17.4. The molecule has 0 aliphatic carbocycles. The molecule has 7 nitrogen and oxygen atoms in total. The number of rotatable bonds is 9. The van der Waals surface area contributed by atoms with Gasteiger partial charge in [-0.15, -0.1) is 0 Å². The summed E-state index contributed by atoms with van der Waals surface area (Å²) in [6, 6.07) is 0. The number of hydrogen-bond donors (Lipinski definition) is 1. The van der Waals surface area contributed by atoms with Crippen molar-refractivity contribution >= 4 is 22.1 Å². The van der Waals surface area contributed by atoms with Crippen LogP contribution < -0.4 is 69.3 Å². The fraction of sp³-hybridized carbons (Fsp3) is 0.636. The Labute approximate surface area is 168 Å². The van der Waals surface area contributed by atoms with Gasteiger partial charge >= 0.3 is 59.1 Å². The molecule has 0 aromatic carbocycles. The van der Waals surface area contributed by atoms with Gasteiger partial charge in [0.25, 0.3) is 10.1 Å². The third-order valence-corrected chi connectivity index (χ3v) is 3.27. The smallest absolute Gasteiger partial charge is 0.545 e. The van der Waals surface area contributed by atoms with Crippen LogP contribution in [0.4, 0.5) is 0 Å². The van der Waals surface area contributed by atoms with Crippen LogP contribution in [-0.4, -0.2) is 30.7 Å². The molecular weight excluding hydrogens is 322 g/mol. The molecule has 0 heterocycles. The van der Waals surface area contributed by atoms with Crippen LogP contribution in [0, 0.1) is 0 Å². The van der Waals surface area contributed by atoms with Gasteiger partial charge in [0.15, 0.2) is 0 Å².